The third-order valence-electron chi connectivity index (χ3n) is 4.24. The van der Waals surface area contributed by atoms with Crippen molar-refractivity contribution in [1.29, 1.82) is 0 Å². The van der Waals surface area contributed by atoms with Crippen molar-refractivity contribution < 1.29 is 8.42 Å². The van der Waals surface area contributed by atoms with Gasteiger partial charge in [-0.15, -0.1) is 0 Å². The second kappa shape index (κ2) is 6.57. The molecule has 1 unspecified atom stereocenters. The van der Waals surface area contributed by atoms with Gasteiger partial charge in [-0.3, -0.25) is 0 Å². The van der Waals surface area contributed by atoms with E-state index < -0.39 is 10.0 Å². The molecule has 7 heteroatoms. The Morgan fingerprint density at radius 2 is 2.21 bits per heavy atom. The van der Waals surface area contributed by atoms with Gasteiger partial charge >= 0.3 is 0 Å². The van der Waals surface area contributed by atoms with Crippen molar-refractivity contribution in [2.45, 2.75) is 50.7 Å². The Morgan fingerprint density at radius 1 is 1.42 bits per heavy atom. The number of imidazole rings is 1. The summed E-state index contributed by atoms with van der Waals surface area (Å²) in [7, 11) is -3.64. The quantitative estimate of drug-likeness (QED) is 0.812. The third-order valence-corrected chi connectivity index (χ3v) is 5.60. The Morgan fingerprint density at radius 3 is 2.96 bits per heavy atom. The van der Waals surface area contributed by atoms with Crippen LogP contribution in [0, 0.1) is 5.92 Å². The van der Waals surface area contributed by atoms with Crippen LogP contribution in [0.1, 0.15) is 43.9 Å². The Kier molecular flexibility index (Phi) is 4.64. The van der Waals surface area contributed by atoms with Gasteiger partial charge in [-0.2, -0.15) is 0 Å². The normalized spacial score (nSPS) is 17.9. The Bertz CT molecular complexity index is 827. The highest BCUT2D eigenvalue weighted by Crippen LogP contribution is 2.32. The summed E-state index contributed by atoms with van der Waals surface area (Å²) in [6, 6.07) is 5.46. The maximum absolute atomic E-state index is 12.7. The fraction of sp³-hybridized carbons (Fsp3) is 0.471. The van der Waals surface area contributed by atoms with E-state index in [0.29, 0.717) is 11.6 Å². The van der Waals surface area contributed by atoms with Crippen molar-refractivity contribution in [3.63, 3.8) is 0 Å². The standard InChI is InChI=1S/C17H24N4O2S/c1-12(2)9-21-10-17(19-11-21)24(22,23)20-16-5-3-4-13-8-14(18)6-7-15(13)16/h6-8,10-12,16,20H,3-5,9,18H2,1-2H3. The molecule has 0 amide bonds. The number of benzene rings is 1. The average molecular weight is 348 g/mol. The number of fused-ring (bicyclic) bond motifs is 1. The molecule has 3 rings (SSSR count). The summed E-state index contributed by atoms with van der Waals surface area (Å²) < 4.78 is 30.0. The monoisotopic (exact) mass is 348 g/mol. The van der Waals surface area contributed by atoms with Crippen LogP contribution in [0.3, 0.4) is 0 Å². The van der Waals surface area contributed by atoms with Gasteiger partial charge in [0.05, 0.1) is 6.33 Å². The summed E-state index contributed by atoms with van der Waals surface area (Å²) in [5, 5.41) is 0.0747. The summed E-state index contributed by atoms with van der Waals surface area (Å²) in [4.78, 5) is 4.07. The van der Waals surface area contributed by atoms with Crippen molar-refractivity contribution in [2.24, 2.45) is 5.92 Å². The molecule has 1 aliphatic carbocycles. The molecule has 1 heterocycles. The van der Waals surface area contributed by atoms with Crippen molar-refractivity contribution in [2.75, 3.05) is 5.73 Å². The first kappa shape index (κ1) is 17.0. The van der Waals surface area contributed by atoms with Crippen LogP contribution < -0.4 is 10.5 Å². The zero-order valence-corrected chi connectivity index (χ0v) is 14.9. The van der Waals surface area contributed by atoms with Crippen molar-refractivity contribution in [1.82, 2.24) is 14.3 Å². The molecule has 6 nitrogen and oxygen atoms in total. The van der Waals surface area contributed by atoms with Crippen LogP contribution in [0.5, 0.6) is 0 Å². The molecule has 24 heavy (non-hydrogen) atoms. The largest absolute Gasteiger partial charge is 0.399 e. The van der Waals surface area contributed by atoms with E-state index in [4.69, 9.17) is 5.73 Å². The number of sulfonamides is 1. The van der Waals surface area contributed by atoms with E-state index in [1.807, 2.05) is 22.8 Å². The summed E-state index contributed by atoms with van der Waals surface area (Å²) in [6.07, 6.45) is 5.81. The van der Waals surface area contributed by atoms with Crippen LogP contribution in [0.15, 0.2) is 35.7 Å². The van der Waals surface area contributed by atoms with Gasteiger partial charge in [-0.05, 0) is 48.4 Å². The van der Waals surface area contributed by atoms with E-state index in [1.54, 1.807) is 12.5 Å². The first-order valence-electron chi connectivity index (χ1n) is 8.27. The smallest absolute Gasteiger partial charge is 0.260 e. The van der Waals surface area contributed by atoms with Crippen molar-refractivity contribution in [3.05, 3.63) is 41.9 Å². The molecule has 130 valence electrons. The number of nitrogens with one attached hydrogen (secondary N) is 1. The highest BCUT2D eigenvalue weighted by atomic mass is 32.2. The fourth-order valence-corrected chi connectivity index (χ4v) is 4.40. The fourth-order valence-electron chi connectivity index (χ4n) is 3.20. The topological polar surface area (TPSA) is 90.0 Å². The van der Waals surface area contributed by atoms with Gasteiger partial charge in [-0.1, -0.05) is 19.9 Å². The maximum atomic E-state index is 12.7. The van der Waals surface area contributed by atoms with Crippen LogP contribution in [-0.4, -0.2) is 18.0 Å². The van der Waals surface area contributed by atoms with E-state index in [9.17, 15) is 8.42 Å². The first-order chi connectivity index (χ1) is 11.3. The van der Waals surface area contributed by atoms with Crippen LogP contribution in [0.4, 0.5) is 5.69 Å². The maximum Gasteiger partial charge on any atom is 0.260 e. The van der Waals surface area contributed by atoms with Gasteiger partial charge in [0.1, 0.15) is 0 Å². The van der Waals surface area contributed by atoms with Gasteiger partial charge in [0.2, 0.25) is 0 Å². The molecule has 0 radical (unpaired) electrons. The van der Waals surface area contributed by atoms with E-state index in [1.165, 1.54) is 0 Å². The van der Waals surface area contributed by atoms with E-state index in [0.717, 1.165) is 36.9 Å². The highest BCUT2D eigenvalue weighted by Gasteiger charge is 2.27. The van der Waals surface area contributed by atoms with Crippen LogP contribution in [0.25, 0.3) is 0 Å². The van der Waals surface area contributed by atoms with Crippen molar-refractivity contribution >= 4 is 15.7 Å². The molecule has 0 spiro atoms. The lowest BCUT2D eigenvalue weighted by molar-refractivity contribution is 0.505. The van der Waals surface area contributed by atoms with Crippen LogP contribution in [-0.2, 0) is 23.0 Å². The number of nitrogens with two attached hydrogens (primary N) is 1. The Balaban J connectivity index is 1.82. The van der Waals surface area contributed by atoms with Gasteiger partial charge in [0, 0.05) is 24.5 Å². The molecule has 0 bridgehead atoms. The number of nitrogens with zero attached hydrogens (tertiary/aromatic N) is 2. The third kappa shape index (κ3) is 3.62. The molecular formula is C17H24N4O2S. The second-order valence-electron chi connectivity index (χ2n) is 6.83. The molecule has 3 N–H and O–H groups in total. The minimum absolute atomic E-state index is 0.0747. The van der Waals surface area contributed by atoms with Gasteiger partial charge in [-0.25, -0.2) is 18.1 Å². The zero-order chi connectivity index (χ0) is 17.3. The Labute approximate surface area is 143 Å². The number of anilines is 1. The lowest BCUT2D eigenvalue weighted by atomic mass is 9.88. The summed E-state index contributed by atoms with van der Waals surface area (Å²) >= 11 is 0. The molecular weight excluding hydrogens is 324 g/mol. The number of hydrogen-bond donors (Lipinski definition) is 2. The number of hydrogen-bond acceptors (Lipinski definition) is 4. The van der Waals surface area contributed by atoms with E-state index in [-0.39, 0.29) is 11.1 Å². The lowest BCUT2D eigenvalue weighted by Gasteiger charge is -2.26. The molecule has 1 aliphatic rings. The van der Waals surface area contributed by atoms with Crippen molar-refractivity contribution in [3.8, 4) is 0 Å². The predicted octanol–water partition coefficient (Wildman–Crippen LogP) is 2.48. The van der Waals surface area contributed by atoms with Gasteiger partial charge < -0.3 is 10.3 Å². The summed E-state index contributed by atoms with van der Waals surface area (Å²) in [5.41, 5.74) is 8.69. The summed E-state index contributed by atoms with van der Waals surface area (Å²) in [5.74, 6) is 0.429. The second-order valence-corrected chi connectivity index (χ2v) is 8.49. The molecule has 1 aromatic heterocycles. The minimum atomic E-state index is -3.64. The van der Waals surface area contributed by atoms with Crippen LogP contribution >= 0.6 is 0 Å². The van der Waals surface area contributed by atoms with Gasteiger partial charge in [0.25, 0.3) is 10.0 Å². The molecule has 1 atom stereocenters. The average Bonchev–Trinajstić information content (AvgIpc) is 2.95. The molecule has 0 fully saturated rings. The molecule has 0 saturated heterocycles. The molecule has 1 aromatic carbocycles. The van der Waals surface area contributed by atoms with Crippen LogP contribution in [0.2, 0.25) is 0 Å². The first-order valence-corrected chi connectivity index (χ1v) is 9.76. The summed E-state index contributed by atoms with van der Waals surface area (Å²) in [6.45, 7) is 4.90. The lowest BCUT2D eigenvalue weighted by Crippen LogP contribution is -2.31. The number of aryl methyl sites for hydroxylation is 1. The number of aromatic nitrogens is 2. The number of nitrogen functional groups attached to an aromatic ring is 1. The highest BCUT2D eigenvalue weighted by molar-refractivity contribution is 7.89. The van der Waals surface area contributed by atoms with Gasteiger partial charge in [0.15, 0.2) is 5.03 Å². The minimum Gasteiger partial charge on any atom is -0.399 e. The van der Waals surface area contributed by atoms with E-state index in [2.05, 4.69) is 23.6 Å². The molecule has 0 aliphatic heterocycles. The Hall–Kier alpha value is -1.86. The number of rotatable bonds is 5. The predicted molar refractivity (Wildman–Crippen MR) is 93.9 cm³/mol. The SMILES string of the molecule is CC(C)Cn1cnc(S(=O)(=O)NC2CCCc3cc(N)ccc32)c1. The zero-order valence-electron chi connectivity index (χ0n) is 14.1. The van der Waals surface area contributed by atoms with E-state index >= 15 is 0 Å². The molecule has 0 saturated carbocycles. The molecule has 2 aromatic rings.